The molecule has 0 radical (unpaired) electrons. The van der Waals surface area contributed by atoms with E-state index in [0.29, 0.717) is 0 Å². The largest absolute Gasteiger partial charge is 0.264 e. The Morgan fingerprint density at radius 1 is 0.343 bits per heavy atom. The highest BCUT2D eigenvalue weighted by Crippen LogP contribution is 2.32. The maximum absolute atomic E-state index is 4.30. The quantitative estimate of drug-likeness (QED) is 0.165. The molecule has 0 bridgehead atoms. The molecular weight excluding hydrogens is 857 g/mol. The van der Waals surface area contributed by atoms with Crippen LogP contribution in [0.15, 0.2) is 123 Å². The molecule has 8 nitrogen and oxygen atoms in total. The number of pyridine rings is 8. The molecule has 0 fully saturated rings. The van der Waals surface area contributed by atoms with Crippen molar-refractivity contribution in [3.8, 4) is 45.0 Å². The van der Waals surface area contributed by atoms with E-state index in [2.05, 4.69) is 167 Å². The fourth-order valence-corrected chi connectivity index (χ4v) is 11.2. The van der Waals surface area contributed by atoms with E-state index in [1.807, 2.05) is 49.6 Å². The van der Waals surface area contributed by atoms with Crippen LogP contribution in [0.5, 0.6) is 0 Å². The Morgan fingerprint density at radius 3 is 1.11 bits per heavy atom. The van der Waals surface area contributed by atoms with Gasteiger partial charge in [-0.2, -0.15) is 0 Å². The predicted octanol–water partition coefficient (Wildman–Crippen LogP) is 10.3. The van der Waals surface area contributed by atoms with E-state index in [9.17, 15) is 0 Å². The van der Waals surface area contributed by atoms with E-state index in [1.54, 1.807) is 0 Å². The van der Waals surface area contributed by atoms with Gasteiger partial charge in [-0.1, -0.05) is 0 Å². The molecule has 8 aromatic heterocycles. The van der Waals surface area contributed by atoms with Gasteiger partial charge in [0.15, 0.2) is 24.8 Å². The van der Waals surface area contributed by atoms with Crippen molar-refractivity contribution in [3.05, 3.63) is 190 Å². The zero-order valence-electron chi connectivity index (χ0n) is 43.0. The van der Waals surface area contributed by atoms with Crippen molar-refractivity contribution >= 4 is 0 Å². The van der Waals surface area contributed by atoms with Gasteiger partial charge < -0.3 is 0 Å². The second-order valence-electron chi connectivity index (χ2n) is 20.1. The van der Waals surface area contributed by atoms with Crippen molar-refractivity contribution < 1.29 is 18.3 Å². The Bertz CT molecular complexity index is 3170. The summed E-state index contributed by atoms with van der Waals surface area (Å²) in [5.74, 6) is 0. The van der Waals surface area contributed by atoms with Gasteiger partial charge in [-0.25, -0.2) is 18.3 Å². The molecule has 8 heteroatoms. The molecule has 0 spiro atoms. The highest BCUT2D eigenvalue weighted by molar-refractivity contribution is 5.66. The van der Waals surface area contributed by atoms with Gasteiger partial charge in [0, 0.05) is 96.1 Å². The summed E-state index contributed by atoms with van der Waals surface area (Å²) in [6.07, 6.45) is 41.9. The number of fused-ring (bicyclic) bond motifs is 4. The fraction of sp³-hybridized carbons (Fsp3) is 0.355. The average Bonchev–Trinajstić information content (AvgIpc) is 4.05. The summed E-state index contributed by atoms with van der Waals surface area (Å²) >= 11 is 0. The fourth-order valence-electron chi connectivity index (χ4n) is 11.2. The molecule has 0 aromatic carbocycles. The van der Waals surface area contributed by atoms with E-state index < -0.39 is 0 Å². The van der Waals surface area contributed by atoms with Gasteiger partial charge in [0.25, 0.3) is 0 Å². The molecule has 0 saturated heterocycles. The predicted molar refractivity (Wildman–Crippen MR) is 280 cm³/mol. The van der Waals surface area contributed by atoms with Gasteiger partial charge in [0.2, 0.25) is 22.8 Å². The van der Waals surface area contributed by atoms with Crippen LogP contribution in [0.1, 0.15) is 105 Å². The second kappa shape index (κ2) is 21.9. The lowest BCUT2D eigenvalue weighted by atomic mass is 9.88. The summed E-state index contributed by atoms with van der Waals surface area (Å²) < 4.78 is 8.95. The molecule has 8 heterocycles. The van der Waals surface area contributed by atoms with Gasteiger partial charge in [0.05, 0.1) is 22.3 Å². The molecule has 0 saturated carbocycles. The molecule has 12 rings (SSSR count). The van der Waals surface area contributed by atoms with Crippen LogP contribution in [0.3, 0.4) is 0 Å². The maximum Gasteiger partial charge on any atom is 0.217 e. The van der Waals surface area contributed by atoms with Crippen LogP contribution in [0.2, 0.25) is 0 Å². The first-order valence-electron chi connectivity index (χ1n) is 25.7. The van der Waals surface area contributed by atoms with Crippen molar-refractivity contribution in [2.75, 3.05) is 0 Å². The van der Waals surface area contributed by atoms with Crippen LogP contribution in [0, 0.1) is 27.7 Å². The van der Waals surface area contributed by atoms with E-state index in [-0.39, 0.29) is 0 Å². The third-order valence-electron chi connectivity index (χ3n) is 15.2. The molecule has 4 aliphatic carbocycles. The van der Waals surface area contributed by atoms with E-state index in [4.69, 9.17) is 0 Å². The lowest BCUT2D eigenvalue weighted by Gasteiger charge is -2.17. The minimum Gasteiger partial charge on any atom is -0.264 e. The zero-order chi connectivity index (χ0) is 48.7. The summed E-state index contributed by atoms with van der Waals surface area (Å²) in [6, 6.07) is 17.6. The van der Waals surface area contributed by atoms with Gasteiger partial charge in [-0.05, 0) is 186 Å². The SMILES string of the molecule is Cc1ccncc1-c1c2c(cc[n+]1C)CCC2.Cc1ccncc1-c1c2c(cc[n+]1C)CCCC2.Cc1ccncc1-c1cc2c(c[n+]1C)CCC2.Cc1ccncc1-c1cc2c(c[n+]1C)CCCC2. The van der Waals surface area contributed by atoms with Crippen molar-refractivity contribution in [2.24, 2.45) is 28.2 Å². The Balaban J connectivity index is 0.000000116. The van der Waals surface area contributed by atoms with Crippen LogP contribution in [-0.4, -0.2) is 19.9 Å². The minimum atomic E-state index is 1.20. The second-order valence-corrected chi connectivity index (χ2v) is 20.1. The van der Waals surface area contributed by atoms with Crippen LogP contribution in [0.4, 0.5) is 0 Å². The van der Waals surface area contributed by atoms with E-state index >= 15 is 0 Å². The summed E-state index contributed by atoms with van der Waals surface area (Å²) in [7, 11) is 8.52. The number of hydrogen-bond acceptors (Lipinski definition) is 4. The van der Waals surface area contributed by atoms with Gasteiger partial charge in [0.1, 0.15) is 28.2 Å². The molecule has 4 aliphatic rings. The van der Waals surface area contributed by atoms with Crippen molar-refractivity contribution in [1.82, 2.24) is 19.9 Å². The number of aryl methyl sites for hydroxylation is 14. The highest BCUT2D eigenvalue weighted by Gasteiger charge is 2.26. The first-order valence-corrected chi connectivity index (χ1v) is 25.7. The lowest BCUT2D eigenvalue weighted by molar-refractivity contribution is -0.661. The van der Waals surface area contributed by atoms with Crippen molar-refractivity contribution in [1.29, 1.82) is 0 Å². The molecule has 70 heavy (non-hydrogen) atoms. The normalized spacial score (nSPS) is 14.1. The summed E-state index contributed by atoms with van der Waals surface area (Å²) in [5, 5.41) is 0. The summed E-state index contributed by atoms with van der Waals surface area (Å²) in [4.78, 5) is 17.1. The first kappa shape index (κ1) is 48.2. The minimum absolute atomic E-state index is 1.20. The third kappa shape index (κ3) is 10.5. The van der Waals surface area contributed by atoms with Crippen LogP contribution in [-0.2, 0) is 79.6 Å². The van der Waals surface area contributed by atoms with Crippen LogP contribution < -0.4 is 18.3 Å². The standard InChI is InChI=1S/2C16H19N2.2C15H17N2/c1-12-7-9-17-11-15(12)16-14-6-4-3-5-13(14)8-10-18(16)2;1-12-7-8-17-10-15(12)16-9-13-5-3-4-6-14(13)11-18(16)2;1-11-6-8-16-10-14(11)15-13-5-3-4-12(13)7-9-17(15)2;1-11-6-7-16-9-14(11)15-8-12-4-3-5-13(12)10-17(15)2/h2*7-11H,3-6H2,1-2H3;2*6-10H,3-5H2,1-2H3/q4*+1. The van der Waals surface area contributed by atoms with Crippen molar-refractivity contribution in [3.63, 3.8) is 0 Å². The van der Waals surface area contributed by atoms with Crippen LogP contribution in [0.25, 0.3) is 45.0 Å². The molecule has 0 aliphatic heterocycles. The molecule has 0 atom stereocenters. The highest BCUT2D eigenvalue weighted by atomic mass is 14.9. The molecule has 356 valence electrons. The molecule has 8 aromatic rings. The number of rotatable bonds is 4. The third-order valence-corrected chi connectivity index (χ3v) is 15.2. The molecule has 0 amide bonds. The van der Waals surface area contributed by atoms with Crippen molar-refractivity contribution in [2.45, 2.75) is 118 Å². The molecular formula is C62H72N8+4. The topological polar surface area (TPSA) is 67.1 Å². The van der Waals surface area contributed by atoms with Gasteiger partial charge in [-0.3, -0.25) is 19.9 Å². The average molecular weight is 929 g/mol. The molecule has 0 unspecified atom stereocenters. The maximum atomic E-state index is 4.30. The Morgan fingerprint density at radius 2 is 0.671 bits per heavy atom. The van der Waals surface area contributed by atoms with E-state index in [0.717, 1.165) is 0 Å². The van der Waals surface area contributed by atoms with E-state index in [1.165, 1.54) is 202 Å². The molecule has 0 N–H and O–H groups in total. The zero-order valence-corrected chi connectivity index (χ0v) is 43.0. The Hall–Kier alpha value is -6.80. The number of aromatic nitrogens is 8. The van der Waals surface area contributed by atoms with Gasteiger partial charge >= 0.3 is 0 Å². The van der Waals surface area contributed by atoms with Crippen LogP contribution >= 0.6 is 0 Å². The first-order chi connectivity index (χ1) is 34.0. The smallest absolute Gasteiger partial charge is 0.217 e. The Kier molecular flexibility index (Phi) is 15.1. The van der Waals surface area contributed by atoms with Gasteiger partial charge in [-0.15, -0.1) is 0 Å². The monoisotopic (exact) mass is 929 g/mol. The number of hydrogen-bond donors (Lipinski definition) is 0. The lowest BCUT2D eigenvalue weighted by Crippen LogP contribution is -2.33. The summed E-state index contributed by atoms with van der Waals surface area (Å²) in [5.41, 5.74) is 27.6. The number of nitrogens with zero attached hydrogens (tertiary/aromatic N) is 8. The summed E-state index contributed by atoms with van der Waals surface area (Å²) in [6.45, 7) is 8.62. The Labute approximate surface area is 416 Å².